The molecular weight excluding hydrogens is 338 g/mol. The molecular formula is C15H16ClN3O3S. The first-order valence-corrected chi connectivity index (χ1v) is 8.04. The molecule has 8 heteroatoms. The number of hydrogen-bond donors (Lipinski definition) is 1. The molecule has 23 heavy (non-hydrogen) atoms. The van der Waals surface area contributed by atoms with Crippen molar-refractivity contribution in [3.63, 3.8) is 0 Å². The lowest BCUT2D eigenvalue weighted by Gasteiger charge is -2.22. The molecule has 1 aromatic rings. The highest BCUT2D eigenvalue weighted by Gasteiger charge is 2.34. The Hall–Kier alpha value is -1.99. The van der Waals surface area contributed by atoms with Crippen molar-refractivity contribution in [2.45, 2.75) is 19.2 Å². The fraction of sp³-hybridized carbons (Fsp3) is 0.267. The van der Waals surface area contributed by atoms with Crippen LogP contribution in [0.3, 0.4) is 0 Å². The number of amides is 2. The number of nitrogens with one attached hydrogen (secondary N) is 1. The minimum Gasteiger partial charge on any atom is -0.489 e. The summed E-state index contributed by atoms with van der Waals surface area (Å²) in [6, 6.07) is 5.16. The molecule has 1 heterocycles. The maximum absolute atomic E-state index is 11.9. The van der Waals surface area contributed by atoms with Crippen molar-refractivity contribution >= 4 is 40.3 Å². The van der Waals surface area contributed by atoms with Crippen molar-refractivity contribution in [3.8, 4) is 5.75 Å². The fourth-order valence-corrected chi connectivity index (χ4v) is 3.29. The van der Waals surface area contributed by atoms with Crippen LogP contribution in [0.15, 0.2) is 36.0 Å². The number of hydrazone groups is 1. The summed E-state index contributed by atoms with van der Waals surface area (Å²) in [4.78, 5) is 23.1. The van der Waals surface area contributed by atoms with Crippen LogP contribution in [0.2, 0.25) is 5.02 Å². The first-order chi connectivity index (χ1) is 10.9. The molecule has 0 radical (unpaired) electrons. The van der Waals surface area contributed by atoms with E-state index >= 15 is 0 Å². The third-order valence-corrected chi connectivity index (χ3v) is 4.16. The van der Waals surface area contributed by atoms with Crippen LogP contribution in [0, 0.1) is 0 Å². The van der Waals surface area contributed by atoms with Crippen LogP contribution in [0.4, 0.5) is 0 Å². The number of rotatable bonds is 4. The molecule has 0 spiro atoms. The van der Waals surface area contributed by atoms with Gasteiger partial charge < -0.3 is 10.1 Å². The average molecular weight is 354 g/mol. The summed E-state index contributed by atoms with van der Waals surface area (Å²) in [5.74, 6) is 0.0736. The largest absolute Gasteiger partial charge is 0.489 e. The first kappa shape index (κ1) is 17.4. The molecule has 1 atom stereocenters. The molecule has 0 aromatic heterocycles. The lowest BCUT2D eigenvalue weighted by Crippen LogP contribution is -2.25. The standard InChI is InChI=1S/C15H16ClN3O3S/c1-4-7-22-13-6-5-11(16)8-12(13)14-19(10(3)21)18-15(23-14)17-9(2)20/h4-6,8,14H,1,7H2,2-3H3,(H,17,18,20). The number of ether oxygens (including phenoxy) is 1. The second-order valence-corrected chi connectivity index (χ2v) is 6.21. The summed E-state index contributed by atoms with van der Waals surface area (Å²) < 4.78 is 5.63. The molecule has 0 saturated carbocycles. The van der Waals surface area contributed by atoms with Gasteiger partial charge in [0.25, 0.3) is 0 Å². The van der Waals surface area contributed by atoms with Crippen molar-refractivity contribution in [2.24, 2.45) is 5.10 Å². The lowest BCUT2D eigenvalue weighted by molar-refractivity contribution is -0.129. The summed E-state index contributed by atoms with van der Waals surface area (Å²) in [6.45, 7) is 6.73. The number of benzene rings is 1. The Kier molecular flexibility index (Phi) is 5.68. The number of nitrogens with zero attached hydrogens (tertiary/aromatic N) is 2. The Morgan fingerprint density at radius 3 is 2.87 bits per heavy atom. The average Bonchev–Trinajstić information content (AvgIpc) is 2.89. The zero-order valence-corrected chi connectivity index (χ0v) is 14.3. The van der Waals surface area contributed by atoms with Crippen molar-refractivity contribution in [1.82, 2.24) is 10.3 Å². The summed E-state index contributed by atoms with van der Waals surface area (Å²) in [6.07, 6.45) is 1.63. The Morgan fingerprint density at radius 1 is 1.52 bits per heavy atom. The minimum atomic E-state index is -0.465. The highest BCUT2D eigenvalue weighted by atomic mass is 35.5. The summed E-state index contributed by atoms with van der Waals surface area (Å²) >= 11 is 7.33. The summed E-state index contributed by atoms with van der Waals surface area (Å²) in [5, 5.41) is 8.44. The van der Waals surface area contributed by atoms with Crippen LogP contribution in [-0.4, -0.2) is 28.6 Å². The molecule has 2 rings (SSSR count). The number of halogens is 1. The van der Waals surface area contributed by atoms with Crippen molar-refractivity contribution in [2.75, 3.05) is 6.61 Å². The van der Waals surface area contributed by atoms with Gasteiger partial charge in [0, 0.05) is 24.4 Å². The smallest absolute Gasteiger partial charge is 0.241 e. The van der Waals surface area contributed by atoms with Crippen molar-refractivity contribution < 1.29 is 14.3 Å². The minimum absolute atomic E-state index is 0.252. The monoisotopic (exact) mass is 353 g/mol. The van der Waals surface area contributed by atoms with Gasteiger partial charge in [-0.1, -0.05) is 36.0 Å². The van der Waals surface area contributed by atoms with Crippen LogP contribution >= 0.6 is 23.4 Å². The van der Waals surface area contributed by atoms with Crippen LogP contribution in [0.25, 0.3) is 0 Å². The highest BCUT2D eigenvalue weighted by molar-refractivity contribution is 8.14. The van der Waals surface area contributed by atoms with E-state index in [0.717, 1.165) is 0 Å². The van der Waals surface area contributed by atoms with Gasteiger partial charge in [0.1, 0.15) is 17.7 Å². The molecule has 0 aliphatic carbocycles. The normalized spacial score (nSPS) is 16.7. The molecule has 1 N–H and O–H groups in total. The van der Waals surface area contributed by atoms with Gasteiger partial charge >= 0.3 is 0 Å². The molecule has 1 unspecified atom stereocenters. The Morgan fingerprint density at radius 2 is 2.26 bits per heavy atom. The Bertz CT molecular complexity index is 678. The molecule has 1 aliphatic rings. The second kappa shape index (κ2) is 7.52. The van der Waals surface area contributed by atoms with Gasteiger partial charge in [-0.3, -0.25) is 9.59 Å². The molecule has 0 fully saturated rings. The van der Waals surface area contributed by atoms with E-state index in [0.29, 0.717) is 28.1 Å². The lowest BCUT2D eigenvalue weighted by atomic mass is 10.2. The van der Waals surface area contributed by atoms with E-state index in [1.54, 1.807) is 24.3 Å². The predicted molar refractivity (Wildman–Crippen MR) is 91.2 cm³/mol. The summed E-state index contributed by atoms with van der Waals surface area (Å²) in [5.41, 5.74) is 0.698. The fourth-order valence-electron chi connectivity index (χ4n) is 1.96. The maximum Gasteiger partial charge on any atom is 0.241 e. The number of hydrogen-bond acceptors (Lipinski definition) is 5. The SMILES string of the molecule is C=CCOc1ccc(Cl)cc1C1SC(NC(C)=O)=NN1C(C)=O. The van der Waals surface area contributed by atoms with E-state index in [4.69, 9.17) is 16.3 Å². The van der Waals surface area contributed by atoms with Gasteiger partial charge in [-0.25, -0.2) is 5.01 Å². The predicted octanol–water partition coefficient (Wildman–Crippen LogP) is 2.91. The second-order valence-electron chi connectivity index (χ2n) is 4.70. The number of thioether (sulfide) groups is 1. The number of carbonyl (C=O) groups is 2. The van der Waals surface area contributed by atoms with Gasteiger partial charge in [-0.05, 0) is 18.2 Å². The Labute approximate surface area is 143 Å². The van der Waals surface area contributed by atoms with E-state index in [9.17, 15) is 9.59 Å². The van der Waals surface area contributed by atoms with E-state index in [-0.39, 0.29) is 11.8 Å². The zero-order valence-electron chi connectivity index (χ0n) is 12.7. The summed E-state index contributed by atoms with van der Waals surface area (Å²) in [7, 11) is 0. The molecule has 1 aliphatic heterocycles. The van der Waals surface area contributed by atoms with E-state index < -0.39 is 5.37 Å². The van der Waals surface area contributed by atoms with Gasteiger partial charge in [0.15, 0.2) is 5.17 Å². The van der Waals surface area contributed by atoms with Crippen LogP contribution < -0.4 is 10.1 Å². The van der Waals surface area contributed by atoms with Crippen LogP contribution in [-0.2, 0) is 9.59 Å². The molecule has 2 amide bonds. The number of amidine groups is 1. The Balaban J connectivity index is 2.36. The molecule has 122 valence electrons. The van der Waals surface area contributed by atoms with E-state index in [1.165, 1.54) is 30.6 Å². The van der Waals surface area contributed by atoms with Gasteiger partial charge in [0.2, 0.25) is 11.8 Å². The van der Waals surface area contributed by atoms with E-state index in [2.05, 4.69) is 17.0 Å². The third kappa shape index (κ3) is 4.27. The maximum atomic E-state index is 11.9. The van der Waals surface area contributed by atoms with Crippen LogP contribution in [0.5, 0.6) is 5.75 Å². The van der Waals surface area contributed by atoms with Crippen LogP contribution in [0.1, 0.15) is 24.8 Å². The first-order valence-electron chi connectivity index (χ1n) is 6.78. The number of carbonyl (C=O) groups excluding carboxylic acids is 2. The van der Waals surface area contributed by atoms with Crippen molar-refractivity contribution in [3.05, 3.63) is 41.4 Å². The third-order valence-electron chi connectivity index (χ3n) is 2.84. The topological polar surface area (TPSA) is 71.0 Å². The highest BCUT2D eigenvalue weighted by Crippen LogP contribution is 2.43. The van der Waals surface area contributed by atoms with Gasteiger partial charge in [-0.15, -0.1) is 5.10 Å². The molecule has 0 saturated heterocycles. The van der Waals surface area contributed by atoms with Gasteiger partial charge in [-0.2, -0.15) is 0 Å². The molecule has 0 bridgehead atoms. The molecule has 6 nitrogen and oxygen atoms in total. The zero-order chi connectivity index (χ0) is 17.0. The quantitative estimate of drug-likeness (QED) is 0.845. The van der Waals surface area contributed by atoms with Gasteiger partial charge in [0.05, 0.1) is 0 Å². The van der Waals surface area contributed by atoms with Crippen molar-refractivity contribution in [1.29, 1.82) is 0 Å². The van der Waals surface area contributed by atoms with E-state index in [1.807, 2.05) is 0 Å². The molecule has 1 aromatic carbocycles.